The van der Waals surface area contributed by atoms with Crippen LogP contribution in [0.15, 0.2) is 29.3 Å². The maximum atomic E-state index is 11.4. The Balaban J connectivity index is 0.00000200. The number of nitrogens with two attached hydrogens (primary N) is 1. The molecule has 1 aromatic carbocycles. The van der Waals surface area contributed by atoms with Crippen LogP contribution < -0.4 is 16.4 Å². The van der Waals surface area contributed by atoms with E-state index in [-0.39, 0.29) is 42.4 Å². The SMILES string of the molecule is CCc1ccc(NC(N)=NCC(=O)NC2CC2)cc1.I. The molecule has 0 saturated heterocycles. The Bertz CT molecular complexity index is 469. The lowest BCUT2D eigenvalue weighted by atomic mass is 10.1. The third-order valence-corrected chi connectivity index (χ3v) is 2.97. The van der Waals surface area contributed by atoms with Crippen LogP contribution in [0.5, 0.6) is 0 Å². The van der Waals surface area contributed by atoms with Crippen molar-refractivity contribution in [2.75, 3.05) is 11.9 Å². The fourth-order valence-electron chi connectivity index (χ4n) is 1.67. The predicted molar refractivity (Wildman–Crippen MR) is 92.5 cm³/mol. The van der Waals surface area contributed by atoms with Crippen LogP contribution in [0.3, 0.4) is 0 Å². The lowest BCUT2D eigenvalue weighted by molar-refractivity contribution is -0.119. The second-order valence-electron chi connectivity index (χ2n) is 4.72. The molecule has 0 bridgehead atoms. The number of hydrogen-bond acceptors (Lipinski definition) is 2. The third-order valence-electron chi connectivity index (χ3n) is 2.97. The van der Waals surface area contributed by atoms with Crippen molar-refractivity contribution in [3.8, 4) is 0 Å². The molecule has 0 atom stereocenters. The fraction of sp³-hybridized carbons (Fsp3) is 0.429. The molecule has 20 heavy (non-hydrogen) atoms. The van der Waals surface area contributed by atoms with E-state index < -0.39 is 0 Å². The molecule has 0 aromatic heterocycles. The number of amides is 1. The van der Waals surface area contributed by atoms with Crippen LogP contribution in [0.4, 0.5) is 5.69 Å². The molecular formula is C14H21IN4O. The van der Waals surface area contributed by atoms with Gasteiger partial charge in [-0.05, 0) is 37.0 Å². The predicted octanol–water partition coefficient (Wildman–Crippen LogP) is 1.87. The molecule has 1 aromatic rings. The van der Waals surface area contributed by atoms with Crippen molar-refractivity contribution >= 4 is 41.5 Å². The lowest BCUT2D eigenvalue weighted by Crippen LogP contribution is -2.30. The van der Waals surface area contributed by atoms with E-state index in [1.54, 1.807) is 0 Å². The van der Waals surface area contributed by atoms with Gasteiger partial charge in [-0.25, -0.2) is 4.99 Å². The van der Waals surface area contributed by atoms with Crippen LogP contribution in [0.25, 0.3) is 0 Å². The molecule has 6 heteroatoms. The van der Waals surface area contributed by atoms with E-state index in [1.807, 2.05) is 24.3 Å². The summed E-state index contributed by atoms with van der Waals surface area (Å²) in [7, 11) is 0. The van der Waals surface area contributed by atoms with Crippen molar-refractivity contribution in [3.05, 3.63) is 29.8 Å². The van der Waals surface area contributed by atoms with Gasteiger partial charge in [0.1, 0.15) is 6.54 Å². The van der Waals surface area contributed by atoms with Gasteiger partial charge < -0.3 is 16.4 Å². The quantitative estimate of drug-likeness (QED) is 0.409. The van der Waals surface area contributed by atoms with E-state index in [0.29, 0.717) is 6.04 Å². The van der Waals surface area contributed by atoms with E-state index in [4.69, 9.17) is 5.73 Å². The molecule has 0 spiro atoms. The van der Waals surface area contributed by atoms with Gasteiger partial charge >= 0.3 is 0 Å². The monoisotopic (exact) mass is 388 g/mol. The number of aryl methyl sites for hydroxylation is 1. The molecular weight excluding hydrogens is 367 g/mol. The number of guanidine groups is 1. The normalized spacial score (nSPS) is 14.3. The summed E-state index contributed by atoms with van der Waals surface area (Å²) in [6.07, 6.45) is 3.16. The molecule has 1 aliphatic rings. The topological polar surface area (TPSA) is 79.5 Å². The molecule has 1 saturated carbocycles. The summed E-state index contributed by atoms with van der Waals surface area (Å²) < 4.78 is 0. The van der Waals surface area contributed by atoms with Gasteiger partial charge in [-0.3, -0.25) is 4.79 Å². The van der Waals surface area contributed by atoms with Gasteiger partial charge in [0, 0.05) is 11.7 Å². The first-order chi connectivity index (χ1) is 9.17. The van der Waals surface area contributed by atoms with E-state index in [9.17, 15) is 4.79 Å². The summed E-state index contributed by atoms with van der Waals surface area (Å²) in [6, 6.07) is 8.33. The lowest BCUT2D eigenvalue weighted by Gasteiger charge is -2.06. The molecule has 4 N–H and O–H groups in total. The molecule has 1 fully saturated rings. The van der Waals surface area contributed by atoms with Crippen LogP contribution in [0.2, 0.25) is 0 Å². The molecule has 0 unspecified atom stereocenters. The number of hydrogen-bond donors (Lipinski definition) is 3. The molecule has 110 valence electrons. The Morgan fingerprint density at radius 1 is 1.35 bits per heavy atom. The zero-order valence-electron chi connectivity index (χ0n) is 11.6. The second-order valence-corrected chi connectivity index (χ2v) is 4.72. The number of carbonyl (C=O) groups is 1. The minimum absolute atomic E-state index is 0. The Kier molecular flexibility index (Phi) is 6.77. The number of aliphatic imine (C=N–C) groups is 1. The van der Waals surface area contributed by atoms with Gasteiger partial charge in [-0.1, -0.05) is 19.1 Å². The summed E-state index contributed by atoms with van der Waals surface area (Å²) in [5.41, 5.74) is 7.87. The standard InChI is InChI=1S/C14H20N4O.HI/c1-2-10-3-5-12(6-4-10)18-14(15)16-9-13(19)17-11-7-8-11;/h3-6,11H,2,7-9H2,1H3,(H,17,19)(H3,15,16,18);1H. The van der Waals surface area contributed by atoms with Crippen molar-refractivity contribution in [2.45, 2.75) is 32.2 Å². The van der Waals surface area contributed by atoms with E-state index in [2.05, 4.69) is 22.5 Å². The maximum Gasteiger partial charge on any atom is 0.242 e. The van der Waals surface area contributed by atoms with Crippen LogP contribution >= 0.6 is 24.0 Å². The summed E-state index contributed by atoms with van der Waals surface area (Å²) in [5.74, 6) is 0.184. The van der Waals surface area contributed by atoms with Crippen molar-refractivity contribution in [1.82, 2.24) is 5.32 Å². The molecule has 5 nitrogen and oxygen atoms in total. The molecule has 1 aliphatic carbocycles. The van der Waals surface area contributed by atoms with Crippen molar-refractivity contribution in [3.63, 3.8) is 0 Å². The van der Waals surface area contributed by atoms with Crippen LogP contribution in [0.1, 0.15) is 25.3 Å². The minimum Gasteiger partial charge on any atom is -0.370 e. The number of carbonyl (C=O) groups excluding carboxylic acids is 1. The van der Waals surface area contributed by atoms with Crippen LogP contribution in [-0.2, 0) is 11.2 Å². The molecule has 2 rings (SSSR count). The average Bonchev–Trinajstić information content (AvgIpc) is 3.21. The number of anilines is 1. The zero-order valence-corrected chi connectivity index (χ0v) is 13.9. The Labute approximate surface area is 136 Å². The third kappa shape index (κ3) is 5.77. The minimum atomic E-state index is -0.0754. The highest BCUT2D eigenvalue weighted by Crippen LogP contribution is 2.18. The Hall–Kier alpha value is -1.31. The zero-order chi connectivity index (χ0) is 13.7. The van der Waals surface area contributed by atoms with Gasteiger partial charge in [-0.2, -0.15) is 0 Å². The number of benzene rings is 1. The van der Waals surface area contributed by atoms with Gasteiger partial charge in [0.05, 0.1) is 0 Å². The summed E-state index contributed by atoms with van der Waals surface area (Å²) in [4.78, 5) is 15.4. The van der Waals surface area contributed by atoms with Gasteiger partial charge in [0.15, 0.2) is 5.96 Å². The van der Waals surface area contributed by atoms with Crippen molar-refractivity contribution < 1.29 is 4.79 Å². The smallest absolute Gasteiger partial charge is 0.242 e. The Morgan fingerprint density at radius 3 is 2.55 bits per heavy atom. The van der Waals surface area contributed by atoms with Gasteiger partial charge in [0.25, 0.3) is 0 Å². The first-order valence-corrected chi connectivity index (χ1v) is 6.62. The highest BCUT2D eigenvalue weighted by molar-refractivity contribution is 14.0. The molecule has 0 radical (unpaired) electrons. The number of rotatable bonds is 5. The number of nitrogens with one attached hydrogen (secondary N) is 2. The summed E-state index contributed by atoms with van der Waals surface area (Å²) in [5, 5.41) is 5.82. The summed E-state index contributed by atoms with van der Waals surface area (Å²) in [6.45, 7) is 2.18. The fourth-order valence-corrected chi connectivity index (χ4v) is 1.67. The van der Waals surface area contributed by atoms with Gasteiger partial charge in [-0.15, -0.1) is 24.0 Å². The van der Waals surface area contributed by atoms with Crippen molar-refractivity contribution in [2.24, 2.45) is 10.7 Å². The average molecular weight is 388 g/mol. The highest BCUT2D eigenvalue weighted by Gasteiger charge is 2.22. The summed E-state index contributed by atoms with van der Waals surface area (Å²) >= 11 is 0. The maximum absolute atomic E-state index is 11.4. The number of halogens is 1. The Morgan fingerprint density at radius 2 is 2.00 bits per heavy atom. The van der Waals surface area contributed by atoms with Gasteiger partial charge in [0.2, 0.25) is 5.91 Å². The van der Waals surface area contributed by atoms with Crippen molar-refractivity contribution in [1.29, 1.82) is 0 Å². The van der Waals surface area contributed by atoms with E-state index in [0.717, 1.165) is 24.9 Å². The van der Waals surface area contributed by atoms with E-state index in [1.165, 1.54) is 5.56 Å². The largest absolute Gasteiger partial charge is 0.370 e. The first kappa shape index (κ1) is 16.7. The first-order valence-electron chi connectivity index (χ1n) is 6.62. The van der Waals surface area contributed by atoms with Crippen LogP contribution in [-0.4, -0.2) is 24.5 Å². The van der Waals surface area contributed by atoms with E-state index >= 15 is 0 Å². The highest BCUT2D eigenvalue weighted by atomic mass is 127. The van der Waals surface area contributed by atoms with Crippen LogP contribution in [0, 0.1) is 0 Å². The second kappa shape index (κ2) is 8.08. The molecule has 0 heterocycles. The molecule has 0 aliphatic heterocycles. The molecule has 1 amide bonds. The number of nitrogens with zero attached hydrogens (tertiary/aromatic N) is 1.